The minimum absolute atomic E-state index is 0.0325. The Bertz CT molecular complexity index is 1240. The summed E-state index contributed by atoms with van der Waals surface area (Å²) in [5.74, 6) is 0.627. The molecule has 2 heterocycles. The molecule has 0 radical (unpaired) electrons. The fourth-order valence-corrected chi connectivity index (χ4v) is 5.46. The minimum Gasteiger partial charge on any atom is -0.352 e. The summed E-state index contributed by atoms with van der Waals surface area (Å²) >= 11 is 6.22. The van der Waals surface area contributed by atoms with Crippen LogP contribution in [-0.2, 0) is 22.9 Å². The van der Waals surface area contributed by atoms with Crippen molar-refractivity contribution < 1.29 is 17.7 Å². The molecular weight excluding hydrogens is 452 g/mol. The number of hydrogen-bond acceptors (Lipinski definition) is 6. The number of hydrogen-bond donors (Lipinski definition) is 1. The average Bonchev–Trinajstić information content (AvgIpc) is 3.21. The van der Waals surface area contributed by atoms with Crippen LogP contribution < -0.4 is 9.62 Å². The number of benzene rings is 2. The Morgan fingerprint density at radius 3 is 2.84 bits per heavy atom. The Balaban J connectivity index is 1.49. The van der Waals surface area contributed by atoms with Crippen LogP contribution in [0.15, 0.2) is 51.9 Å². The molecule has 0 fully saturated rings. The van der Waals surface area contributed by atoms with Gasteiger partial charge in [0, 0.05) is 19.5 Å². The lowest BCUT2D eigenvalue weighted by molar-refractivity contribution is 0.0953. The van der Waals surface area contributed by atoms with Crippen LogP contribution in [0.3, 0.4) is 0 Å². The standard InChI is InChI=1S/C22H23ClN4O4S/c1-15-25-21(31-26-15)9-4-12-24-22(28)18-14-17(10-11-19(18)23)32(29,30)27-13-5-7-16-6-2-3-8-20(16)27/h2-3,6,8,10-11,14H,4-5,7,9,12-13H2,1H3,(H,24,28). The summed E-state index contributed by atoms with van der Waals surface area (Å²) in [5.41, 5.74) is 1.79. The quantitative estimate of drug-likeness (QED) is 0.525. The number of halogens is 1. The van der Waals surface area contributed by atoms with Gasteiger partial charge in [0.2, 0.25) is 5.89 Å². The van der Waals surface area contributed by atoms with Crippen LogP contribution in [0.2, 0.25) is 5.02 Å². The number of sulfonamides is 1. The van der Waals surface area contributed by atoms with Gasteiger partial charge in [-0.15, -0.1) is 0 Å². The summed E-state index contributed by atoms with van der Waals surface area (Å²) in [5, 5.41) is 6.68. The molecule has 1 aliphatic heterocycles. The zero-order valence-corrected chi connectivity index (χ0v) is 19.1. The Morgan fingerprint density at radius 1 is 1.25 bits per heavy atom. The molecule has 1 amide bonds. The van der Waals surface area contributed by atoms with Gasteiger partial charge in [-0.3, -0.25) is 9.10 Å². The van der Waals surface area contributed by atoms with Crippen LogP contribution in [0.4, 0.5) is 5.69 Å². The number of nitrogens with zero attached hydrogens (tertiary/aromatic N) is 3. The van der Waals surface area contributed by atoms with Gasteiger partial charge in [-0.25, -0.2) is 8.42 Å². The molecule has 1 N–H and O–H groups in total. The van der Waals surface area contributed by atoms with Crippen LogP contribution in [0.1, 0.15) is 40.5 Å². The first-order valence-electron chi connectivity index (χ1n) is 10.3. The maximum atomic E-state index is 13.4. The molecule has 1 aromatic heterocycles. The highest BCUT2D eigenvalue weighted by atomic mass is 35.5. The first-order chi connectivity index (χ1) is 15.4. The van der Waals surface area contributed by atoms with E-state index in [0.29, 0.717) is 43.3 Å². The van der Waals surface area contributed by atoms with E-state index >= 15 is 0 Å². The van der Waals surface area contributed by atoms with Crippen molar-refractivity contribution >= 4 is 33.2 Å². The first kappa shape index (κ1) is 22.3. The van der Waals surface area contributed by atoms with Crippen molar-refractivity contribution in [1.82, 2.24) is 15.5 Å². The molecule has 1 aliphatic rings. The zero-order chi connectivity index (χ0) is 22.7. The average molecular weight is 475 g/mol. The van der Waals surface area contributed by atoms with Crippen molar-refractivity contribution in [2.75, 3.05) is 17.4 Å². The third-order valence-electron chi connectivity index (χ3n) is 5.26. The summed E-state index contributed by atoms with van der Waals surface area (Å²) in [6.07, 6.45) is 2.68. The van der Waals surface area contributed by atoms with Crippen molar-refractivity contribution in [2.45, 2.75) is 37.5 Å². The predicted molar refractivity (Wildman–Crippen MR) is 120 cm³/mol. The number of aryl methyl sites for hydroxylation is 3. The fourth-order valence-electron chi connectivity index (χ4n) is 3.69. The highest BCUT2D eigenvalue weighted by Crippen LogP contribution is 2.32. The second-order valence-corrected chi connectivity index (χ2v) is 9.82. The smallest absolute Gasteiger partial charge is 0.264 e. The maximum Gasteiger partial charge on any atom is 0.264 e. The number of anilines is 1. The molecule has 0 saturated heterocycles. The second kappa shape index (κ2) is 9.30. The van der Waals surface area contributed by atoms with Crippen molar-refractivity contribution in [3.05, 3.63) is 70.3 Å². The van der Waals surface area contributed by atoms with Crippen molar-refractivity contribution in [1.29, 1.82) is 0 Å². The van der Waals surface area contributed by atoms with E-state index in [1.54, 1.807) is 13.0 Å². The van der Waals surface area contributed by atoms with E-state index < -0.39 is 15.9 Å². The van der Waals surface area contributed by atoms with Gasteiger partial charge in [0.15, 0.2) is 5.82 Å². The minimum atomic E-state index is -3.84. The molecule has 0 spiro atoms. The molecule has 3 aromatic rings. The highest BCUT2D eigenvalue weighted by Gasteiger charge is 2.29. The SMILES string of the molecule is Cc1noc(CCCNC(=O)c2cc(S(=O)(=O)N3CCCc4ccccc43)ccc2Cl)n1. The number of carbonyl (C=O) groups is 1. The van der Waals surface area contributed by atoms with Gasteiger partial charge in [0.25, 0.3) is 15.9 Å². The van der Waals surface area contributed by atoms with E-state index in [4.69, 9.17) is 16.1 Å². The molecule has 10 heteroatoms. The molecule has 0 aliphatic carbocycles. The predicted octanol–water partition coefficient (Wildman–Crippen LogP) is 3.54. The number of carbonyl (C=O) groups excluding carboxylic acids is 1. The van der Waals surface area contributed by atoms with Crippen LogP contribution in [0, 0.1) is 6.92 Å². The van der Waals surface area contributed by atoms with E-state index in [0.717, 1.165) is 18.4 Å². The molecule has 8 nitrogen and oxygen atoms in total. The summed E-state index contributed by atoms with van der Waals surface area (Å²) in [6, 6.07) is 11.7. The first-order valence-corrected chi connectivity index (χ1v) is 12.2. The molecule has 32 heavy (non-hydrogen) atoms. The molecule has 168 valence electrons. The Labute approximate surface area is 191 Å². The number of rotatable bonds is 7. The van der Waals surface area contributed by atoms with Crippen LogP contribution >= 0.6 is 11.6 Å². The molecule has 0 unspecified atom stereocenters. The monoisotopic (exact) mass is 474 g/mol. The fraction of sp³-hybridized carbons (Fsp3) is 0.318. The number of aromatic nitrogens is 2. The van der Waals surface area contributed by atoms with Crippen LogP contribution in [-0.4, -0.2) is 37.6 Å². The Hall–Kier alpha value is -2.91. The van der Waals surface area contributed by atoms with Gasteiger partial charge in [-0.05, 0) is 56.0 Å². The van der Waals surface area contributed by atoms with Gasteiger partial charge < -0.3 is 9.84 Å². The lowest BCUT2D eigenvalue weighted by Crippen LogP contribution is -2.35. The van der Waals surface area contributed by atoms with E-state index in [1.807, 2.05) is 18.2 Å². The molecule has 0 bridgehead atoms. The van der Waals surface area contributed by atoms with Crippen molar-refractivity contribution in [3.8, 4) is 0 Å². The van der Waals surface area contributed by atoms with Gasteiger partial charge in [-0.2, -0.15) is 4.98 Å². The van der Waals surface area contributed by atoms with Gasteiger partial charge >= 0.3 is 0 Å². The molecule has 4 rings (SSSR count). The normalized spacial score (nSPS) is 13.6. The van der Waals surface area contributed by atoms with E-state index in [1.165, 1.54) is 22.5 Å². The highest BCUT2D eigenvalue weighted by molar-refractivity contribution is 7.92. The number of para-hydroxylation sites is 1. The lowest BCUT2D eigenvalue weighted by atomic mass is 10.0. The van der Waals surface area contributed by atoms with E-state index in [2.05, 4.69) is 15.5 Å². The van der Waals surface area contributed by atoms with Crippen LogP contribution in [0.25, 0.3) is 0 Å². The van der Waals surface area contributed by atoms with Gasteiger partial charge in [0.05, 0.1) is 21.2 Å². The zero-order valence-electron chi connectivity index (χ0n) is 17.5. The molecule has 0 atom stereocenters. The number of amides is 1. The maximum absolute atomic E-state index is 13.4. The third-order valence-corrected chi connectivity index (χ3v) is 7.40. The number of nitrogens with one attached hydrogen (secondary N) is 1. The number of fused-ring (bicyclic) bond motifs is 1. The van der Waals surface area contributed by atoms with Gasteiger partial charge in [0.1, 0.15) is 0 Å². The Morgan fingerprint density at radius 2 is 2.06 bits per heavy atom. The van der Waals surface area contributed by atoms with Crippen LogP contribution in [0.5, 0.6) is 0 Å². The second-order valence-electron chi connectivity index (χ2n) is 7.55. The lowest BCUT2D eigenvalue weighted by Gasteiger charge is -2.30. The van der Waals surface area contributed by atoms with Crippen molar-refractivity contribution in [2.24, 2.45) is 0 Å². The van der Waals surface area contributed by atoms with E-state index in [9.17, 15) is 13.2 Å². The summed E-state index contributed by atoms with van der Waals surface area (Å²) in [7, 11) is -3.84. The molecule has 2 aromatic carbocycles. The largest absolute Gasteiger partial charge is 0.352 e. The molecular formula is C22H23ClN4O4S. The Kier molecular flexibility index (Phi) is 6.48. The third kappa shape index (κ3) is 4.63. The molecule has 0 saturated carbocycles. The van der Waals surface area contributed by atoms with E-state index in [-0.39, 0.29) is 15.5 Å². The topological polar surface area (TPSA) is 105 Å². The van der Waals surface area contributed by atoms with Gasteiger partial charge in [-0.1, -0.05) is 35.0 Å². The van der Waals surface area contributed by atoms with Crippen molar-refractivity contribution in [3.63, 3.8) is 0 Å². The summed E-state index contributed by atoms with van der Waals surface area (Å²) < 4.78 is 33.2. The summed E-state index contributed by atoms with van der Waals surface area (Å²) in [6.45, 7) is 2.48. The summed E-state index contributed by atoms with van der Waals surface area (Å²) in [4.78, 5) is 16.8.